The fraction of sp³-hybridized carbons (Fsp3) is 0.463. The number of fused-ring (bicyclic) bond motifs is 3. The molecule has 6 amide bonds. The quantitative estimate of drug-likeness (QED) is 0.0462. The Morgan fingerprint density at radius 2 is 1.47 bits per heavy atom. The molecule has 17 heteroatoms. The molecule has 0 bridgehead atoms. The van der Waals surface area contributed by atoms with Gasteiger partial charge >= 0.3 is 5.97 Å². The summed E-state index contributed by atoms with van der Waals surface area (Å²) in [5, 5.41) is 7.87. The number of rotatable bonds is 21. The summed E-state index contributed by atoms with van der Waals surface area (Å²) in [6, 6.07) is 10.8. The van der Waals surface area contributed by atoms with Gasteiger partial charge in [-0.2, -0.15) is 0 Å². The van der Waals surface area contributed by atoms with Crippen molar-refractivity contribution in [3.63, 3.8) is 0 Å². The van der Waals surface area contributed by atoms with Crippen molar-refractivity contribution < 1.29 is 38.3 Å². The van der Waals surface area contributed by atoms with Gasteiger partial charge in [-0.05, 0) is 65.7 Å². The summed E-state index contributed by atoms with van der Waals surface area (Å²) in [5.41, 5.74) is 10.7. The molecule has 58 heavy (non-hydrogen) atoms. The molecule has 0 spiro atoms. The van der Waals surface area contributed by atoms with Crippen molar-refractivity contribution in [2.75, 3.05) is 55.9 Å². The maximum atomic E-state index is 13.3. The van der Waals surface area contributed by atoms with E-state index in [-0.39, 0.29) is 80.8 Å². The van der Waals surface area contributed by atoms with Crippen LogP contribution in [0.15, 0.2) is 53.7 Å². The number of carbonyl (C=O) groups excluding carboxylic acids is 7. The second-order valence-electron chi connectivity index (χ2n) is 14.2. The maximum Gasteiger partial charge on any atom is 0.302 e. The van der Waals surface area contributed by atoms with Crippen LogP contribution in [0.1, 0.15) is 75.3 Å². The Morgan fingerprint density at radius 3 is 2.05 bits per heavy atom. The number of nitrogens with one attached hydrogen (secondary N) is 3. The number of esters is 1. The minimum atomic E-state index is -0.488. The zero-order valence-electron chi connectivity index (χ0n) is 33.1. The van der Waals surface area contributed by atoms with E-state index in [1.54, 1.807) is 31.3 Å². The van der Waals surface area contributed by atoms with E-state index < -0.39 is 22.4 Å². The number of nitrogens with two attached hydrogens (primary N) is 1. The highest BCUT2D eigenvalue weighted by Gasteiger charge is 2.40. The Balaban J connectivity index is 1.20. The van der Waals surface area contributed by atoms with E-state index in [9.17, 15) is 33.6 Å². The molecule has 15 nitrogen and oxygen atoms in total. The van der Waals surface area contributed by atoms with Crippen LogP contribution in [0.2, 0.25) is 0 Å². The molecule has 2 aromatic rings. The first kappa shape index (κ1) is 44.0. The van der Waals surface area contributed by atoms with Crippen molar-refractivity contribution >= 4 is 82.1 Å². The zero-order valence-corrected chi connectivity index (χ0v) is 34.7. The Bertz CT molecular complexity index is 1990. The number of aliphatic imine (C=N–C) groups is 1. The first-order valence-corrected chi connectivity index (χ1v) is 21.4. The van der Waals surface area contributed by atoms with Crippen LogP contribution in [0.5, 0.6) is 0 Å². The van der Waals surface area contributed by atoms with Crippen LogP contribution < -0.4 is 21.7 Å². The normalized spacial score (nSPS) is 18.7. The number of carbonyl (C=O) groups is 7. The highest BCUT2D eigenvalue weighted by molar-refractivity contribution is 8.00. The third kappa shape index (κ3) is 11.1. The summed E-state index contributed by atoms with van der Waals surface area (Å²) >= 11 is 2.86. The molecule has 310 valence electrons. The van der Waals surface area contributed by atoms with Crippen LogP contribution in [0.25, 0.3) is 11.1 Å². The van der Waals surface area contributed by atoms with E-state index in [2.05, 4.69) is 27.5 Å². The Morgan fingerprint density at radius 1 is 0.862 bits per heavy atom. The number of amidine groups is 1. The predicted molar refractivity (Wildman–Crippen MR) is 226 cm³/mol. The molecule has 2 fully saturated rings. The van der Waals surface area contributed by atoms with Crippen molar-refractivity contribution in [1.29, 1.82) is 0 Å². The van der Waals surface area contributed by atoms with E-state index in [1.165, 1.54) is 35.3 Å². The van der Waals surface area contributed by atoms with Crippen LogP contribution in [-0.2, 0) is 38.3 Å². The third-order valence-electron chi connectivity index (χ3n) is 10.2. The largest absolute Gasteiger partial charge is 0.465 e. The molecule has 3 aliphatic rings. The molecule has 0 saturated carbocycles. The lowest BCUT2D eigenvalue weighted by molar-refractivity contribution is -0.141. The maximum absolute atomic E-state index is 13.3. The molecule has 2 aliphatic heterocycles. The van der Waals surface area contributed by atoms with Gasteiger partial charge in [0.25, 0.3) is 0 Å². The molecule has 3 unspecified atom stereocenters. The van der Waals surface area contributed by atoms with Crippen LogP contribution >= 0.6 is 23.5 Å². The fourth-order valence-electron chi connectivity index (χ4n) is 7.10. The highest BCUT2D eigenvalue weighted by atomic mass is 32.2. The Hall–Kier alpha value is -5.16. The van der Waals surface area contributed by atoms with Crippen molar-refractivity contribution in [2.45, 2.75) is 74.7 Å². The number of thioether (sulfide) groups is 2. The molecule has 2 saturated heterocycles. The van der Waals surface area contributed by atoms with Crippen molar-refractivity contribution in [1.82, 2.24) is 15.1 Å². The molecule has 1 aliphatic carbocycles. The summed E-state index contributed by atoms with van der Waals surface area (Å²) in [6.07, 6.45) is 2.97. The van der Waals surface area contributed by atoms with Crippen LogP contribution in [0.4, 0.5) is 11.4 Å². The molecule has 2 aromatic carbocycles. The van der Waals surface area contributed by atoms with Gasteiger partial charge in [0.2, 0.25) is 35.4 Å². The molecular weight excluding hydrogens is 783 g/mol. The number of anilines is 2. The number of benzene rings is 2. The number of allylic oxidation sites excluding steroid dienone is 1. The van der Waals surface area contributed by atoms with Crippen LogP contribution in [-0.4, -0.2) is 113 Å². The van der Waals surface area contributed by atoms with Crippen molar-refractivity contribution in [3.8, 4) is 11.1 Å². The van der Waals surface area contributed by atoms with Gasteiger partial charge in [-0.15, -0.1) is 23.5 Å². The van der Waals surface area contributed by atoms with Gasteiger partial charge in [0.05, 0.1) is 16.3 Å². The molecule has 0 radical (unpaired) electrons. The van der Waals surface area contributed by atoms with Gasteiger partial charge in [0, 0.05) is 94.8 Å². The van der Waals surface area contributed by atoms with E-state index in [0.29, 0.717) is 35.1 Å². The first-order valence-electron chi connectivity index (χ1n) is 19.3. The lowest BCUT2D eigenvalue weighted by Gasteiger charge is -2.16. The summed E-state index contributed by atoms with van der Waals surface area (Å²) in [4.78, 5) is 95.9. The zero-order chi connectivity index (χ0) is 41.9. The summed E-state index contributed by atoms with van der Waals surface area (Å²) in [7, 11) is 3.43. The highest BCUT2D eigenvalue weighted by Crippen LogP contribution is 2.49. The molecule has 0 aromatic heterocycles. The van der Waals surface area contributed by atoms with Crippen LogP contribution in [0, 0.1) is 0 Å². The smallest absolute Gasteiger partial charge is 0.302 e. The number of ether oxygens (including phenoxy) is 1. The third-order valence-corrected chi connectivity index (χ3v) is 12.8. The number of amides is 6. The van der Waals surface area contributed by atoms with Gasteiger partial charge in [-0.1, -0.05) is 24.8 Å². The fourth-order valence-corrected chi connectivity index (χ4v) is 9.35. The average Bonchev–Trinajstić information content (AvgIpc) is 3.77. The van der Waals surface area contributed by atoms with E-state index in [4.69, 9.17) is 10.5 Å². The first-order chi connectivity index (χ1) is 27.8. The summed E-state index contributed by atoms with van der Waals surface area (Å²) in [5.74, 6) is -0.914. The van der Waals surface area contributed by atoms with Crippen molar-refractivity contribution in [2.24, 2.45) is 10.7 Å². The summed E-state index contributed by atoms with van der Waals surface area (Å²) < 4.78 is 5.45. The minimum Gasteiger partial charge on any atom is -0.465 e. The molecule has 2 heterocycles. The monoisotopic (exact) mass is 833 g/mol. The number of imide groups is 2. The van der Waals surface area contributed by atoms with Crippen LogP contribution in [0.3, 0.4) is 0 Å². The van der Waals surface area contributed by atoms with Gasteiger partial charge in [-0.3, -0.25) is 48.4 Å². The van der Waals surface area contributed by atoms with Gasteiger partial charge in [0.1, 0.15) is 6.61 Å². The second-order valence-corrected chi connectivity index (χ2v) is 16.8. The molecule has 3 atom stereocenters. The number of nitrogens with zero attached hydrogens (tertiary/aromatic N) is 3. The Labute approximate surface area is 346 Å². The topological polar surface area (TPSA) is 210 Å². The molecule has 5 N–H and O–H groups in total. The number of hydrogen-bond acceptors (Lipinski definition) is 12. The SMILES string of the molecule is C=C(CCCSC1CC(=O)N(CCC(=O)Nc2cccc3c2-c2ccc(NC(=O)CCN4C(=O)CC(SCCCC(N)=NC)C4=O)cc2C3COC(C)=O)C1=O)NC. The summed E-state index contributed by atoms with van der Waals surface area (Å²) in [6.45, 7) is 5.16. The molecular formula is C41H51N7O8S2. The standard InChI is InChI=1S/C41H51N7O8S2/c1-24(43-3)8-6-18-57-32-21-38(53)48(40(32)54)17-15-36(51)46-31-10-5-9-27-30(23-56-25(2)49)29-20-26(12-13-28(29)39(27)31)45-35(50)14-16-47-37(52)22-33(41(47)55)58-19-7-11-34(42)44-4/h5,9-10,12-13,20,30,32-33,43H,1,6-8,11,14-19,21-23H2,2-4H3,(H2,42,44)(H,45,50)(H,46,51). The second kappa shape index (κ2) is 20.5. The van der Waals surface area contributed by atoms with Gasteiger partial charge < -0.3 is 26.4 Å². The predicted octanol–water partition coefficient (Wildman–Crippen LogP) is 4.02. The van der Waals surface area contributed by atoms with E-state index >= 15 is 0 Å². The van der Waals surface area contributed by atoms with E-state index in [0.717, 1.165) is 52.1 Å². The Kier molecular flexibility index (Phi) is 15.5. The molecule has 5 rings (SSSR count). The average molecular weight is 834 g/mol. The number of likely N-dealkylation sites (tertiary alicyclic amines) is 2. The minimum absolute atomic E-state index is 0.0185. The van der Waals surface area contributed by atoms with Gasteiger partial charge in [-0.25, -0.2) is 0 Å². The lowest BCUT2D eigenvalue weighted by atomic mass is 9.97. The van der Waals surface area contributed by atoms with Gasteiger partial charge in [0.15, 0.2) is 0 Å². The van der Waals surface area contributed by atoms with Crippen molar-refractivity contribution in [3.05, 3.63) is 59.8 Å². The lowest BCUT2D eigenvalue weighted by Crippen LogP contribution is -2.34. The van der Waals surface area contributed by atoms with E-state index in [1.807, 2.05) is 19.2 Å². The number of hydrogen-bond donors (Lipinski definition) is 4.